The van der Waals surface area contributed by atoms with E-state index >= 15 is 0 Å². The standard InChI is InChI=1S/C31H19N2O2/c34-31-23-12-2-1-9-20(23)24-17-19(18-29-30(24)33(31)27-15-7-8-16-28(27)35-29)32-25-13-5-3-10-21(25)22-11-4-6-14-26(22)32/h1-18,28H/q+1. The quantitative estimate of drug-likeness (QED) is 0.270. The van der Waals surface area contributed by atoms with Crippen molar-refractivity contribution in [1.29, 1.82) is 0 Å². The summed E-state index contributed by atoms with van der Waals surface area (Å²) < 4.78 is 10.7. The van der Waals surface area contributed by atoms with Crippen LogP contribution in [0.1, 0.15) is 10.4 Å². The van der Waals surface area contributed by atoms with Crippen molar-refractivity contribution in [2.75, 3.05) is 0 Å². The van der Waals surface area contributed by atoms with Crippen LogP contribution in [-0.2, 0) is 0 Å². The van der Waals surface area contributed by atoms with Crippen molar-refractivity contribution < 1.29 is 14.1 Å². The number of rotatable bonds is 1. The van der Waals surface area contributed by atoms with Crippen LogP contribution < -0.4 is 4.74 Å². The van der Waals surface area contributed by atoms with E-state index in [9.17, 15) is 4.79 Å². The molecule has 35 heavy (non-hydrogen) atoms. The van der Waals surface area contributed by atoms with Crippen LogP contribution in [0.5, 0.6) is 5.75 Å². The highest BCUT2D eigenvalue weighted by Gasteiger charge is 2.45. The van der Waals surface area contributed by atoms with Crippen LogP contribution in [0.4, 0.5) is 5.69 Å². The Kier molecular flexibility index (Phi) is 3.56. The van der Waals surface area contributed by atoms with E-state index in [2.05, 4.69) is 65.2 Å². The molecule has 1 aliphatic carbocycles. The maximum Gasteiger partial charge on any atom is 0.426 e. The number of ether oxygens (including phenoxy) is 1. The number of benzene rings is 4. The Labute approximate surface area is 201 Å². The van der Waals surface area contributed by atoms with E-state index in [-0.39, 0.29) is 12.0 Å². The van der Waals surface area contributed by atoms with Gasteiger partial charge in [0.2, 0.25) is 11.8 Å². The summed E-state index contributed by atoms with van der Waals surface area (Å²) in [5, 5.41) is 2.42. The van der Waals surface area contributed by atoms with Gasteiger partial charge in [-0.3, -0.25) is 0 Å². The number of nitrogens with zero attached hydrogens (tertiary/aromatic N) is 2. The molecule has 0 bridgehead atoms. The smallest absolute Gasteiger partial charge is 0.426 e. The van der Waals surface area contributed by atoms with Crippen molar-refractivity contribution in [3.63, 3.8) is 0 Å². The average Bonchev–Trinajstić information content (AvgIpc) is 3.25. The summed E-state index contributed by atoms with van der Waals surface area (Å²) in [7, 11) is 0. The SMILES string of the molecule is O=C1c2ccccc2-c2cc(-n3c4ccccc4c4ccccc43)cc3c2[N+]1=C1C=CC=CC1O3. The number of carbonyl (C=O) groups excluding carboxylic acids is 1. The zero-order valence-corrected chi connectivity index (χ0v) is 18.7. The minimum Gasteiger partial charge on any atom is -0.468 e. The lowest BCUT2D eigenvalue weighted by Gasteiger charge is -2.28. The van der Waals surface area contributed by atoms with Crippen molar-refractivity contribution in [2.45, 2.75) is 6.10 Å². The molecule has 1 amide bonds. The fourth-order valence-electron chi connectivity index (χ4n) is 5.77. The Hall–Kier alpha value is -4.70. The highest BCUT2D eigenvalue weighted by molar-refractivity contribution is 6.12. The number of carbonyl (C=O) groups is 1. The summed E-state index contributed by atoms with van der Waals surface area (Å²) in [6, 6.07) is 29.1. The third-order valence-corrected chi connectivity index (χ3v) is 7.24. The Morgan fingerprint density at radius 2 is 1.43 bits per heavy atom. The van der Waals surface area contributed by atoms with Gasteiger partial charge in [-0.1, -0.05) is 66.7 Å². The highest BCUT2D eigenvalue weighted by atomic mass is 16.5. The minimum absolute atomic E-state index is 0.0118. The first-order valence-electron chi connectivity index (χ1n) is 11.8. The number of hydrogen-bond donors (Lipinski definition) is 0. The topological polar surface area (TPSA) is 34.2 Å². The molecule has 0 saturated carbocycles. The second kappa shape index (κ2) is 6.67. The molecule has 1 atom stereocenters. The number of hydrogen-bond acceptors (Lipinski definition) is 2. The summed E-state index contributed by atoms with van der Waals surface area (Å²) in [4.78, 5) is 13.7. The van der Waals surface area contributed by atoms with Gasteiger partial charge in [0.05, 0.1) is 27.8 Å². The summed E-state index contributed by atoms with van der Waals surface area (Å²) >= 11 is 0. The van der Waals surface area contributed by atoms with E-state index in [1.165, 1.54) is 10.8 Å². The summed E-state index contributed by atoms with van der Waals surface area (Å²) in [5.74, 6) is 0.707. The van der Waals surface area contributed by atoms with Gasteiger partial charge in [-0.15, -0.1) is 4.58 Å². The molecule has 0 fully saturated rings. The van der Waals surface area contributed by atoms with Crippen LogP contribution in [0.15, 0.2) is 109 Å². The van der Waals surface area contributed by atoms with Gasteiger partial charge in [-0.05, 0) is 30.3 Å². The largest absolute Gasteiger partial charge is 0.468 e. The molecule has 1 aromatic heterocycles. The molecule has 1 unspecified atom stereocenters. The minimum atomic E-state index is -0.303. The lowest BCUT2D eigenvalue weighted by atomic mass is 9.90. The second-order valence-electron chi connectivity index (χ2n) is 9.10. The lowest BCUT2D eigenvalue weighted by Crippen LogP contribution is -2.40. The van der Waals surface area contributed by atoms with Gasteiger partial charge >= 0.3 is 5.91 Å². The zero-order chi connectivity index (χ0) is 23.1. The molecule has 3 aliphatic rings. The van der Waals surface area contributed by atoms with Crippen LogP contribution in [0.2, 0.25) is 0 Å². The third kappa shape index (κ3) is 2.40. The molecule has 164 valence electrons. The normalized spacial score (nSPS) is 17.4. The summed E-state index contributed by atoms with van der Waals surface area (Å²) in [6.07, 6.45) is 7.60. The van der Waals surface area contributed by atoms with Crippen molar-refractivity contribution in [3.8, 4) is 22.6 Å². The number of amides is 1. The predicted octanol–water partition coefficient (Wildman–Crippen LogP) is 6.58. The molecule has 4 heteroatoms. The van der Waals surface area contributed by atoms with Crippen molar-refractivity contribution >= 4 is 39.1 Å². The maximum atomic E-state index is 13.7. The first-order chi connectivity index (χ1) is 17.3. The van der Waals surface area contributed by atoms with Crippen LogP contribution >= 0.6 is 0 Å². The average molecular weight is 452 g/mol. The van der Waals surface area contributed by atoms with E-state index in [0.717, 1.165) is 45.0 Å². The van der Waals surface area contributed by atoms with Gasteiger partial charge in [0.1, 0.15) is 0 Å². The van der Waals surface area contributed by atoms with Gasteiger partial charge < -0.3 is 9.30 Å². The molecular formula is C31H19N2O2+. The van der Waals surface area contributed by atoms with Crippen LogP contribution in [0.25, 0.3) is 38.6 Å². The fourth-order valence-corrected chi connectivity index (χ4v) is 5.77. The van der Waals surface area contributed by atoms with Gasteiger partial charge in [-0.25, -0.2) is 4.79 Å². The van der Waals surface area contributed by atoms with Gasteiger partial charge in [0.25, 0.3) is 5.69 Å². The number of aromatic nitrogens is 1. The molecule has 0 spiro atoms. The number of fused-ring (bicyclic) bond motifs is 6. The lowest BCUT2D eigenvalue weighted by molar-refractivity contribution is -0.343. The van der Waals surface area contributed by atoms with E-state index in [0.29, 0.717) is 5.56 Å². The predicted molar refractivity (Wildman–Crippen MR) is 138 cm³/mol. The van der Waals surface area contributed by atoms with E-state index in [1.54, 1.807) is 0 Å². The molecular weight excluding hydrogens is 432 g/mol. The van der Waals surface area contributed by atoms with Gasteiger partial charge in [-0.2, -0.15) is 0 Å². The number of para-hydroxylation sites is 2. The molecule has 4 nitrogen and oxygen atoms in total. The van der Waals surface area contributed by atoms with Crippen LogP contribution in [0.3, 0.4) is 0 Å². The van der Waals surface area contributed by atoms with E-state index in [4.69, 9.17) is 4.74 Å². The second-order valence-corrected chi connectivity index (χ2v) is 9.10. The molecule has 0 N–H and O–H groups in total. The highest BCUT2D eigenvalue weighted by Crippen LogP contribution is 2.48. The first kappa shape index (κ1) is 18.7. The van der Waals surface area contributed by atoms with Gasteiger partial charge in [0.15, 0.2) is 5.75 Å². The monoisotopic (exact) mass is 451 g/mol. The molecule has 4 aromatic carbocycles. The Morgan fingerprint density at radius 1 is 0.743 bits per heavy atom. The number of allylic oxidation sites excluding steroid dienone is 2. The van der Waals surface area contributed by atoms with E-state index < -0.39 is 0 Å². The molecule has 2 aliphatic heterocycles. The maximum absolute atomic E-state index is 13.7. The molecule has 0 radical (unpaired) electrons. The fraction of sp³-hybridized carbons (Fsp3) is 0.0323. The molecule has 5 aromatic rings. The van der Waals surface area contributed by atoms with E-state index in [1.807, 2.05) is 53.1 Å². The third-order valence-electron chi connectivity index (χ3n) is 7.24. The van der Waals surface area contributed by atoms with Crippen molar-refractivity contribution in [1.82, 2.24) is 4.57 Å². The van der Waals surface area contributed by atoms with Crippen LogP contribution in [0, 0.1) is 0 Å². The molecule has 8 rings (SSSR count). The molecule has 3 heterocycles. The first-order valence-corrected chi connectivity index (χ1v) is 11.8. The summed E-state index contributed by atoms with van der Waals surface area (Å²) in [5.41, 5.74) is 7.62. The van der Waals surface area contributed by atoms with Crippen molar-refractivity contribution in [3.05, 3.63) is 115 Å². The van der Waals surface area contributed by atoms with Crippen LogP contribution in [-0.4, -0.2) is 26.9 Å². The Balaban J connectivity index is 1.51. The van der Waals surface area contributed by atoms with Crippen molar-refractivity contribution in [2.24, 2.45) is 0 Å². The summed E-state index contributed by atoms with van der Waals surface area (Å²) in [6.45, 7) is 0. The molecule has 0 saturated heterocycles. The Bertz CT molecular complexity index is 1800. The Morgan fingerprint density at radius 3 is 2.20 bits per heavy atom. The van der Waals surface area contributed by atoms with Gasteiger partial charge in [0, 0.05) is 28.5 Å². The zero-order valence-electron chi connectivity index (χ0n) is 18.7.